The van der Waals surface area contributed by atoms with Gasteiger partial charge in [0, 0.05) is 24.9 Å². The summed E-state index contributed by atoms with van der Waals surface area (Å²) in [4.78, 5) is 10.6. The molecule has 0 saturated carbocycles. The summed E-state index contributed by atoms with van der Waals surface area (Å²) in [5.74, 6) is 0.581. The maximum atomic E-state index is 5.73. The van der Waals surface area contributed by atoms with Gasteiger partial charge in [-0.3, -0.25) is 0 Å². The van der Waals surface area contributed by atoms with Crippen molar-refractivity contribution < 1.29 is 4.74 Å². The zero-order valence-corrected chi connectivity index (χ0v) is 11.1. The van der Waals surface area contributed by atoms with Crippen molar-refractivity contribution in [1.82, 2.24) is 14.9 Å². The van der Waals surface area contributed by atoms with Crippen LogP contribution in [0.3, 0.4) is 0 Å². The van der Waals surface area contributed by atoms with Crippen LogP contribution < -0.4 is 4.74 Å². The fourth-order valence-electron chi connectivity index (χ4n) is 1.98. The predicted octanol–water partition coefficient (Wildman–Crippen LogP) is 1.96. The normalized spacial score (nSPS) is 23.3. The molecule has 0 N–H and O–H groups in total. The van der Waals surface area contributed by atoms with Gasteiger partial charge in [-0.1, -0.05) is 0 Å². The molecule has 88 valence electrons. The Balaban J connectivity index is 1.91. The zero-order chi connectivity index (χ0) is 11.5. The number of halogens is 1. The van der Waals surface area contributed by atoms with Crippen molar-refractivity contribution in [2.24, 2.45) is 5.92 Å². The smallest absolute Gasteiger partial charge is 0.316 e. The molecule has 5 heteroatoms. The Morgan fingerprint density at radius 1 is 1.50 bits per heavy atom. The van der Waals surface area contributed by atoms with E-state index >= 15 is 0 Å². The Morgan fingerprint density at radius 2 is 2.19 bits per heavy atom. The fourth-order valence-corrected chi connectivity index (χ4v) is 2.18. The average Bonchev–Trinajstić information content (AvgIpc) is 2.68. The van der Waals surface area contributed by atoms with E-state index in [2.05, 4.69) is 44.8 Å². The van der Waals surface area contributed by atoms with Crippen LogP contribution in [0.5, 0.6) is 6.01 Å². The summed E-state index contributed by atoms with van der Waals surface area (Å²) >= 11 is 3.30. The molecule has 0 amide bonds. The molecule has 1 aromatic rings. The van der Waals surface area contributed by atoms with Crippen LogP contribution in [0.2, 0.25) is 0 Å². The first kappa shape index (κ1) is 11.8. The van der Waals surface area contributed by atoms with Gasteiger partial charge in [0.2, 0.25) is 0 Å². The first-order valence-corrected chi connectivity index (χ1v) is 6.27. The van der Waals surface area contributed by atoms with Gasteiger partial charge in [0.1, 0.15) is 6.10 Å². The SMILES string of the molecule is C[C@@H](Oc1ncc(Br)cn1)[C@H]1CCN(C)C1. The summed E-state index contributed by atoms with van der Waals surface area (Å²) in [7, 11) is 2.14. The van der Waals surface area contributed by atoms with E-state index in [0.29, 0.717) is 11.9 Å². The highest BCUT2D eigenvalue weighted by Gasteiger charge is 2.26. The topological polar surface area (TPSA) is 38.3 Å². The molecule has 0 bridgehead atoms. The summed E-state index contributed by atoms with van der Waals surface area (Å²) < 4.78 is 6.60. The number of rotatable bonds is 3. The van der Waals surface area contributed by atoms with Crippen LogP contribution in [0.1, 0.15) is 13.3 Å². The maximum absolute atomic E-state index is 5.73. The molecule has 0 spiro atoms. The van der Waals surface area contributed by atoms with Crippen LogP contribution in [0.25, 0.3) is 0 Å². The van der Waals surface area contributed by atoms with Gasteiger partial charge in [-0.15, -0.1) is 0 Å². The van der Waals surface area contributed by atoms with Gasteiger partial charge >= 0.3 is 6.01 Å². The number of aromatic nitrogens is 2. The minimum absolute atomic E-state index is 0.172. The van der Waals surface area contributed by atoms with E-state index in [0.717, 1.165) is 17.6 Å². The van der Waals surface area contributed by atoms with Gasteiger partial charge in [-0.25, -0.2) is 9.97 Å². The van der Waals surface area contributed by atoms with E-state index in [1.54, 1.807) is 12.4 Å². The molecule has 2 atom stereocenters. The van der Waals surface area contributed by atoms with Gasteiger partial charge < -0.3 is 9.64 Å². The lowest BCUT2D eigenvalue weighted by molar-refractivity contribution is 0.141. The van der Waals surface area contributed by atoms with Crippen molar-refractivity contribution in [2.75, 3.05) is 20.1 Å². The Hall–Kier alpha value is -0.680. The summed E-state index contributed by atoms with van der Waals surface area (Å²) in [6.45, 7) is 4.34. The van der Waals surface area contributed by atoms with Crippen molar-refractivity contribution in [3.05, 3.63) is 16.9 Å². The highest BCUT2D eigenvalue weighted by atomic mass is 79.9. The lowest BCUT2D eigenvalue weighted by Gasteiger charge is -2.19. The zero-order valence-electron chi connectivity index (χ0n) is 9.56. The van der Waals surface area contributed by atoms with E-state index in [9.17, 15) is 0 Å². The van der Waals surface area contributed by atoms with Gasteiger partial charge in [0.15, 0.2) is 0 Å². The predicted molar refractivity (Wildman–Crippen MR) is 65.4 cm³/mol. The molecule has 1 saturated heterocycles. The molecule has 2 heterocycles. The van der Waals surface area contributed by atoms with Crippen LogP contribution in [-0.2, 0) is 0 Å². The van der Waals surface area contributed by atoms with Crippen LogP contribution in [0.4, 0.5) is 0 Å². The summed E-state index contributed by atoms with van der Waals surface area (Å²) in [6.07, 6.45) is 4.77. The van der Waals surface area contributed by atoms with Crippen LogP contribution in [-0.4, -0.2) is 41.1 Å². The van der Waals surface area contributed by atoms with Crippen molar-refractivity contribution in [3.8, 4) is 6.01 Å². The van der Waals surface area contributed by atoms with Crippen LogP contribution in [0.15, 0.2) is 16.9 Å². The minimum Gasteiger partial charge on any atom is -0.460 e. The van der Waals surface area contributed by atoms with Crippen molar-refractivity contribution in [1.29, 1.82) is 0 Å². The molecule has 16 heavy (non-hydrogen) atoms. The highest BCUT2D eigenvalue weighted by molar-refractivity contribution is 9.10. The third kappa shape index (κ3) is 2.92. The second-order valence-electron chi connectivity index (χ2n) is 4.32. The molecule has 0 unspecified atom stereocenters. The molecule has 1 aliphatic rings. The summed E-state index contributed by atoms with van der Waals surface area (Å²) in [5, 5.41) is 0. The van der Waals surface area contributed by atoms with Crippen molar-refractivity contribution in [2.45, 2.75) is 19.4 Å². The molecule has 4 nitrogen and oxygen atoms in total. The quantitative estimate of drug-likeness (QED) is 0.851. The molecule has 1 aromatic heterocycles. The molecule has 0 aliphatic carbocycles. The largest absolute Gasteiger partial charge is 0.460 e. The van der Waals surface area contributed by atoms with Gasteiger partial charge in [-0.2, -0.15) is 0 Å². The standard InChI is InChI=1S/C11H16BrN3O/c1-8(9-3-4-15(2)7-9)16-11-13-5-10(12)6-14-11/h5-6,8-9H,3-4,7H2,1-2H3/t8-,9+/m1/s1. The monoisotopic (exact) mass is 285 g/mol. The number of nitrogens with zero attached hydrogens (tertiary/aromatic N) is 3. The third-order valence-corrected chi connectivity index (χ3v) is 3.39. The van der Waals surface area contributed by atoms with E-state index in [1.165, 1.54) is 6.42 Å². The Bertz CT molecular complexity index is 344. The summed E-state index contributed by atoms with van der Waals surface area (Å²) in [6, 6.07) is 0.463. The lowest BCUT2D eigenvalue weighted by Crippen LogP contribution is -2.26. The van der Waals surface area contributed by atoms with Crippen molar-refractivity contribution >= 4 is 15.9 Å². The molecule has 1 fully saturated rings. The second-order valence-corrected chi connectivity index (χ2v) is 5.23. The molecular formula is C11H16BrN3O. The first-order chi connectivity index (χ1) is 7.65. The van der Waals surface area contributed by atoms with Crippen LogP contribution in [0, 0.1) is 5.92 Å². The van der Waals surface area contributed by atoms with E-state index < -0.39 is 0 Å². The van der Waals surface area contributed by atoms with E-state index in [-0.39, 0.29) is 6.10 Å². The maximum Gasteiger partial charge on any atom is 0.316 e. The first-order valence-electron chi connectivity index (χ1n) is 5.48. The molecule has 2 rings (SSSR count). The van der Waals surface area contributed by atoms with Crippen LogP contribution >= 0.6 is 15.9 Å². The summed E-state index contributed by atoms with van der Waals surface area (Å²) in [5.41, 5.74) is 0. The Morgan fingerprint density at radius 3 is 2.75 bits per heavy atom. The average molecular weight is 286 g/mol. The van der Waals surface area contributed by atoms with Crippen molar-refractivity contribution in [3.63, 3.8) is 0 Å². The minimum atomic E-state index is 0.172. The molecular weight excluding hydrogens is 270 g/mol. The van der Waals surface area contributed by atoms with E-state index in [1.807, 2.05) is 0 Å². The number of ether oxygens (including phenoxy) is 1. The molecule has 0 radical (unpaired) electrons. The Kier molecular flexibility index (Phi) is 3.76. The highest BCUT2D eigenvalue weighted by Crippen LogP contribution is 2.21. The molecule has 0 aromatic carbocycles. The third-order valence-electron chi connectivity index (χ3n) is 2.98. The second kappa shape index (κ2) is 5.10. The lowest BCUT2D eigenvalue weighted by atomic mass is 10.0. The Labute approximate surface area is 104 Å². The number of likely N-dealkylation sites (tertiary alicyclic amines) is 1. The fraction of sp³-hybridized carbons (Fsp3) is 0.636. The van der Waals surface area contributed by atoms with Gasteiger partial charge in [-0.05, 0) is 42.9 Å². The number of hydrogen-bond acceptors (Lipinski definition) is 4. The van der Waals surface area contributed by atoms with Gasteiger partial charge in [0.05, 0.1) is 4.47 Å². The van der Waals surface area contributed by atoms with E-state index in [4.69, 9.17) is 4.74 Å². The van der Waals surface area contributed by atoms with Gasteiger partial charge in [0.25, 0.3) is 0 Å². The molecule has 1 aliphatic heterocycles. The number of hydrogen-bond donors (Lipinski definition) is 0.